The Labute approximate surface area is 161 Å². The summed E-state index contributed by atoms with van der Waals surface area (Å²) in [6.45, 7) is 4.76. The smallest absolute Gasteiger partial charge is 0.216 e. The van der Waals surface area contributed by atoms with E-state index in [9.17, 15) is 5.11 Å². The van der Waals surface area contributed by atoms with Crippen LogP contribution in [-0.4, -0.2) is 39.4 Å². The molecule has 2 aromatic carbocycles. The van der Waals surface area contributed by atoms with E-state index in [1.807, 2.05) is 38.1 Å². The lowest BCUT2D eigenvalue weighted by molar-refractivity contribution is 0.318. The molecule has 3 aromatic rings. The molecule has 0 aliphatic rings. The Morgan fingerprint density at radius 3 is 2.59 bits per heavy atom. The van der Waals surface area contributed by atoms with E-state index in [2.05, 4.69) is 15.3 Å². The number of para-hydroxylation sites is 2. The van der Waals surface area contributed by atoms with Gasteiger partial charge in [0.05, 0.1) is 25.0 Å². The first-order valence-electron chi connectivity index (χ1n) is 8.54. The summed E-state index contributed by atoms with van der Waals surface area (Å²) in [6.07, 6.45) is 1.51. The molecule has 0 atom stereocenters. The average molecular weight is 384 g/mol. The molecular weight excluding hydrogens is 364 g/mol. The van der Waals surface area contributed by atoms with Crippen molar-refractivity contribution in [1.82, 2.24) is 14.9 Å². The Morgan fingerprint density at radius 1 is 1.11 bits per heavy atom. The number of hydrogen-bond acceptors (Lipinski definition) is 6. The Morgan fingerprint density at radius 2 is 1.81 bits per heavy atom. The van der Waals surface area contributed by atoms with Crippen LogP contribution < -0.4 is 9.47 Å². The average Bonchev–Trinajstić information content (AvgIpc) is 3.04. The van der Waals surface area contributed by atoms with Crippen molar-refractivity contribution < 1.29 is 14.6 Å². The van der Waals surface area contributed by atoms with E-state index in [1.165, 1.54) is 10.9 Å². The molecule has 0 saturated carbocycles. The maximum Gasteiger partial charge on any atom is 0.216 e. The normalized spacial score (nSPS) is 11.0. The van der Waals surface area contributed by atoms with Crippen LogP contribution in [0.15, 0.2) is 47.6 Å². The predicted octanol–water partition coefficient (Wildman–Crippen LogP) is 3.99. The van der Waals surface area contributed by atoms with Gasteiger partial charge in [0.1, 0.15) is 5.75 Å². The molecule has 1 aromatic heterocycles. The molecule has 27 heavy (non-hydrogen) atoms. The highest BCUT2D eigenvalue weighted by atomic mass is 32.1. The molecule has 0 fully saturated rings. The lowest BCUT2D eigenvalue weighted by Gasteiger charge is -2.09. The Hall–Kier alpha value is -3.13. The van der Waals surface area contributed by atoms with Crippen LogP contribution in [0.25, 0.3) is 11.4 Å². The molecule has 0 aliphatic heterocycles. The second-order valence-electron chi connectivity index (χ2n) is 5.46. The largest absolute Gasteiger partial charge is 0.504 e. The number of phenolic OH excluding ortho intramolecular Hbond substituents is 1. The van der Waals surface area contributed by atoms with E-state index in [0.29, 0.717) is 40.9 Å². The predicted molar refractivity (Wildman–Crippen MR) is 106 cm³/mol. The van der Waals surface area contributed by atoms with Gasteiger partial charge in [0.15, 0.2) is 17.3 Å². The molecule has 0 aliphatic carbocycles. The highest BCUT2D eigenvalue weighted by Crippen LogP contribution is 2.30. The first-order chi connectivity index (χ1) is 13.2. The van der Waals surface area contributed by atoms with E-state index >= 15 is 0 Å². The number of aromatic nitrogens is 3. The summed E-state index contributed by atoms with van der Waals surface area (Å²) in [5, 5.41) is 21.7. The van der Waals surface area contributed by atoms with Crippen molar-refractivity contribution in [2.75, 3.05) is 13.2 Å². The molecule has 0 unspecified atom stereocenters. The molecule has 140 valence electrons. The van der Waals surface area contributed by atoms with Crippen LogP contribution in [0.3, 0.4) is 0 Å². The van der Waals surface area contributed by atoms with Crippen molar-refractivity contribution in [1.29, 1.82) is 0 Å². The first-order valence-corrected chi connectivity index (χ1v) is 8.95. The minimum atomic E-state index is 0.0226. The summed E-state index contributed by atoms with van der Waals surface area (Å²) < 4.78 is 12.9. The Kier molecular flexibility index (Phi) is 5.87. The van der Waals surface area contributed by atoms with E-state index in [1.54, 1.807) is 18.2 Å². The lowest BCUT2D eigenvalue weighted by atomic mass is 10.2. The number of nitrogens with one attached hydrogen (secondary N) is 1. The number of ether oxygens (including phenoxy) is 2. The van der Waals surface area contributed by atoms with Gasteiger partial charge in [-0.25, -0.2) is 5.10 Å². The van der Waals surface area contributed by atoms with Gasteiger partial charge in [0.2, 0.25) is 4.77 Å². The van der Waals surface area contributed by atoms with Crippen LogP contribution >= 0.6 is 12.2 Å². The molecule has 0 bridgehead atoms. The summed E-state index contributed by atoms with van der Waals surface area (Å²) in [7, 11) is 0. The Balaban J connectivity index is 2.01. The fourth-order valence-electron chi connectivity index (χ4n) is 2.54. The maximum absolute atomic E-state index is 10.3. The summed E-state index contributed by atoms with van der Waals surface area (Å²) >= 11 is 5.30. The Bertz CT molecular complexity index is 1010. The van der Waals surface area contributed by atoms with E-state index in [0.717, 1.165) is 5.56 Å². The fourth-order valence-corrected chi connectivity index (χ4v) is 2.72. The molecule has 2 N–H and O–H groups in total. The van der Waals surface area contributed by atoms with Gasteiger partial charge in [-0.2, -0.15) is 14.9 Å². The van der Waals surface area contributed by atoms with Crippen molar-refractivity contribution in [3.8, 4) is 28.6 Å². The monoisotopic (exact) mass is 384 g/mol. The van der Waals surface area contributed by atoms with Crippen molar-refractivity contribution in [3.63, 3.8) is 0 Å². The number of aromatic amines is 1. The molecule has 0 spiro atoms. The topological polar surface area (TPSA) is 84.7 Å². The summed E-state index contributed by atoms with van der Waals surface area (Å²) in [4.78, 5) is 0. The van der Waals surface area contributed by atoms with Crippen LogP contribution in [0.5, 0.6) is 17.2 Å². The molecule has 3 rings (SSSR count). The summed E-state index contributed by atoms with van der Waals surface area (Å²) in [6, 6.07) is 12.7. The molecule has 7 nitrogen and oxygen atoms in total. The number of benzene rings is 2. The molecule has 8 heteroatoms. The van der Waals surface area contributed by atoms with Gasteiger partial charge >= 0.3 is 0 Å². The van der Waals surface area contributed by atoms with Crippen LogP contribution in [0, 0.1) is 4.77 Å². The van der Waals surface area contributed by atoms with Gasteiger partial charge in [0, 0.05) is 5.56 Å². The first kappa shape index (κ1) is 18.7. The van der Waals surface area contributed by atoms with Crippen LogP contribution in [0.4, 0.5) is 0 Å². The van der Waals surface area contributed by atoms with E-state index in [4.69, 9.17) is 21.7 Å². The molecule has 0 radical (unpaired) electrons. The van der Waals surface area contributed by atoms with Crippen molar-refractivity contribution in [3.05, 3.63) is 52.8 Å². The van der Waals surface area contributed by atoms with Gasteiger partial charge in [-0.3, -0.25) is 0 Å². The SMILES string of the molecule is CCOc1ccccc1-c1n[nH]c(=S)n1/N=C/c1cccc(OCC)c1O. The number of rotatable bonds is 7. The van der Waals surface area contributed by atoms with Gasteiger partial charge < -0.3 is 14.6 Å². The summed E-state index contributed by atoms with van der Waals surface area (Å²) in [5.74, 6) is 1.63. The van der Waals surface area contributed by atoms with Gasteiger partial charge in [-0.05, 0) is 50.3 Å². The van der Waals surface area contributed by atoms with Gasteiger partial charge in [-0.1, -0.05) is 18.2 Å². The minimum Gasteiger partial charge on any atom is -0.504 e. The molecule has 1 heterocycles. The maximum atomic E-state index is 10.3. The number of phenols is 1. The second-order valence-corrected chi connectivity index (χ2v) is 5.85. The summed E-state index contributed by atoms with van der Waals surface area (Å²) in [5.41, 5.74) is 1.27. The lowest BCUT2D eigenvalue weighted by Crippen LogP contribution is -1.99. The van der Waals surface area contributed by atoms with E-state index < -0.39 is 0 Å². The zero-order chi connectivity index (χ0) is 19.2. The zero-order valence-electron chi connectivity index (χ0n) is 15.0. The highest BCUT2D eigenvalue weighted by Gasteiger charge is 2.13. The fraction of sp³-hybridized carbons (Fsp3) is 0.211. The van der Waals surface area contributed by atoms with Crippen molar-refractivity contribution in [2.45, 2.75) is 13.8 Å². The molecular formula is C19H20N4O3S. The molecule has 0 saturated heterocycles. The van der Waals surface area contributed by atoms with Gasteiger partial charge in [0.25, 0.3) is 0 Å². The van der Waals surface area contributed by atoms with Crippen LogP contribution in [0.2, 0.25) is 0 Å². The van der Waals surface area contributed by atoms with Crippen LogP contribution in [-0.2, 0) is 0 Å². The standard InChI is InChI=1S/C19H20N4O3S/c1-3-25-15-10-6-5-9-14(15)18-21-22-19(27)23(18)20-12-13-8-7-11-16(17(13)24)26-4-2/h5-12,24H,3-4H2,1-2H3,(H,22,27)/b20-12+. The van der Waals surface area contributed by atoms with Crippen molar-refractivity contribution >= 4 is 18.4 Å². The van der Waals surface area contributed by atoms with Crippen molar-refractivity contribution in [2.24, 2.45) is 5.10 Å². The third-order valence-corrected chi connectivity index (χ3v) is 3.98. The second kappa shape index (κ2) is 8.50. The minimum absolute atomic E-state index is 0.0226. The quantitative estimate of drug-likeness (QED) is 0.475. The van der Waals surface area contributed by atoms with Gasteiger partial charge in [-0.15, -0.1) is 0 Å². The molecule has 0 amide bonds. The highest BCUT2D eigenvalue weighted by molar-refractivity contribution is 7.71. The third kappa shape index (κ3) is 4.01. The number of H-pyrrole nitrogens is 1. The number of hydrogen-bond donors (Lipinski definition) is 2. The third-order valence-electron chi connectivity index (χ3n) is 3.72. The van der Waals surface area contributed by atoms with E-state index in [-0.39, 0.29) is 5.75 Å². The number of aromatic hydroxyl groups is 1. The zero-order valence-corrected chi connectivity index (χ0v) is 15.9. The van der Waals surface area contributed by atoms with Crippen LogP contribution in [0.1, 0.15) is 19.4 Å². The number of nitrogens with zero attached hydrogens (tertiary/aromatic N) is 3.